The van der Waals surface area contributed by atoms with Crippen molar-refractivity contribution in [2.45, 2.75) is 39.2 Å². The maximum Gasteiger partial charge on any atom is 0.328 e. The monoisotopic (exact) mass is 238 g/mol. The maximum atomic E-state index is 12.2. The van der Waals surface area contributed by atoms with Gasteiger partial charge in [0.05, 0.1) is 13.2 Å². The molecule has 1 fully saturated rings. The van der Waals surface area contributed by atoms with Crippen LogP contribution in [-0.2, 0) is 14.3 Å². The van der Waals surface area contributed by atoms with Crippen molar-refractivity contribution in [2.75, 3.05) is 13.7 Å². The minimum absolute atomic E-state index is 0.296. The molecule has 0 radical (unpaired) electrons. The predicted octanol–water partition coefficient (Wildman–Crippen LogP) is 1.09. The smallest absolute Gasteiger partial charge is 0.328 e. The summed E-state index contributed by atoms with van der Waals surface area (Å²) in [5.41, 5.74) is -1.09. The lowest BCUT2D eigenvalue weighted by Crippen LogP contribution is -2.52. The van der Waals surface area contributed by atoms with Gasteiger partial charge in [-0.2, -0.15) is 5.26 Å². The number of hydrogen-bond donors (Lipinski definition) is 0. The molecule has 0 saturated carbocycles. The van der Waals surface area contributed by atoms with Crippen molar-refractivity contribution >= 4 is 11.9 Å². The Morgan fingerprint density at radius 3 is 2.59 bits per heavy atom. The van der Waals surface area contributed by atoms with Crippen molar-refractivity contribution in [3.05, 3.63) is 0 Å². The standard InChI is InChI=1S/C12H18N2O3/c1-12(2,8-13)11(16)14-7-5-4-6-9(14)10(15)17-3/h9H,4-7H2,1-3H3. The largest absolute Gasteiger partial charge is 0.467 e. The van der Waals surface area contributed by atoms with E-state index >= 15 is 0 Å². The Balaban J connectivity index is 2.90. The van der Waals surface area contributed by atoms with Gasteiger partial charge in [-0.1, -0.05) is 0 Å². The van der Waals surface area contributed by atoms with Crippen molar-refractivity contribution in [3.63, 3.8) is 0 Å². The zero-order chi connectivity index (χ0) is 13.1. The number of likely N-dealkylation sites (tertiary alicyclic amines) is 1. The van der Waals surface area contributed by atoms with Gasteiger partial charge in [0.15, 0.2) is 0 Å². The minimum atomic E-state index is -1.09. The van der Waals surface area contributed by atoms with Crippen LogP contribution in [0.4, 0.5) is 0 Å². The maximum absolute atomic E-state index is 12.2. The van der Waals surface area contributed by atoms with E-state index in [-0.39, 0.29) is 5.91 Å². The molecule has 94 valence electrons. The Kier molecular flexibility index (Phi) is 4.11. The quantitative estimate of drug-likeness (QED) is 0.675. The number of nitriles is 1. The molecule has 0 aliphatic carbocycles. The fourth-order valence-corrected chi connectivity index (χ4v) is 1.96. The molecule has 0 spiro atoms. The number of rotatable bonds is 2. The highest BCUT2D eigenvalue weighted by atomic mass is 16.5. The Labute approximate surface area is 101 Å². The van der Waals surface area contributed by atoms with Gasteiger partial charge in [-0.25, -0.2) is 4.79 Å². The van der Waals surface area contributed by atoms with E-state index in [1.165, 1.54) is 12.0 Å². The van der Waals surface area contributed by atoms with Gasteiger partial charge in [0, 0.05) is 6.54 Å². The highest BCUT2D eigenvalue weighted by Gasteiger charge is 2.39. The van der Waals surface area contributed by atoms with Crippen molar-refractivity contribution < 1.29 is 14.3 Å². The van der Waals surface area contributed by atoms with Crippen LogP contribution in [0.3, 0.4) is 0 Å². The fourth-order valence-electron chi connectivity index (χ4n) is 1.96. The lowest BCUT2D eigenvalue weighted by Gasteiger charge is -2.36. The van der Waals surface area contributed by atoms with Crippen molar-refractivity contribution in [1.29, 1.82) is 5.26 Å². The molecule has 1 rings (SSSR count). The van der Waals surface area contributed by atoms with Crippen LogP contribution < -0.4 is 0 Å². The van der Waals surface area contributed by atoms with E-state index in [2.05, 4.69) is 0 Å². The number of piperidine rings is 1. The summed E-state index contributed by atoms with van der Waals surface area (Å²) in [6.45, 7) is 3.65. The third-order valence-corrected chi connectivity index (χ3v) is 3.05. The second kappa shape index (κ2) is 5.17. The van der Waals surface area contributed by atoms with Gasteiger partial charge in [0.1, 0.15) is 11.5 Å². The van der Waals surface area contributed by atoms with Gasteiger partial charge in [-0.05, 0) is 33.1 Å². The highest BCUT2D eigenvalue weighted by Crippen LogP contribution is 2.25. The number of carbonyl (C=O) groups excluding carboxylic acids is 2. The molecule has 0 bridgehead atoms. The van der Waals surface area contributed by atoms with Crippen LogP contribution in [0.2, 0.25) is 0 Å². The Morgan fingerprint density at radius 2 is 2.06 bits per heavy atom. The van der Waals surface area contributed by atoms with Crippen LogP contribution in [0.25, 0.3) is 0 Å². The molecule has 0 aromatic rings. The van der Waals surface area contributed by atoms with E-state index in [4.69, 9.17) is 10.00 Å². The molecule has 1 saturated heterocycles. The molecule has 0 aromatic carbocycles. The topological polar surface area (TPSA) is 70.4 Å². The highest BCUT2D eigenvalue weighted by molar-refractivity contribution is 5.89. The first-order chi connectivity index (χ1) is 7.94. The van der Waals surface area contributed by atoms with Crippen LogP contribution in [0.5, 0.6) is 0 Å². The summed E-state index contributed by atoms with van der Waals surface area (Å²) in [7, 11) is 1.31. The van der Waals surface area contributed by atoms with E-state index in [1.54, 1.807) is 13.8 Å². The van der Waals surface area contributed by atoms with Crippen LogP contribution in [0.1, 0.15) is 33.1 Å². The summed E-state index contributed by atoms with van der Waals surface area (Å²) in [5, 5.41) is 8.96. The fraction of sp³-hybridized carbons (Fsp3) is 0.750. The van der Waals surface area contributed by atoms with Gasteiger partial charge in [0.25, 0.3) is 0 Å². The molecular weight excluding hydrogens is 220 g/mol. The van der Waals surface area contributed by atoms with E-state index in [0.717, 1.165) is 12.8 Å². The first-order valence-corrected chi connectivity index (χ1v) is 5.74. The second-order valence-corrected chi connectivity index (χ2v) is 4.77. The van der Waals surface area contributed by atoms with Gasteiger partial charge in [-0.3, -0.25) is 4.79 Å². The summed E-state index contributed by atoms with van der Waals surface area (Å²) < 4.78 is 4.70. The molecule has 17 heavy (non-hydrogen) atoms. The van der Waals surface area contributed by atoms with E-state index < -0.39 is 17.4 Å². The van der Waals surface area contributed by atoms with Crippen molar-refractivity contribution in [1.82, 2.24) is 4.90 Å². The minimum Gasteiger partial charge on any atom is -0.467 e. The van der Waals surface area contributed by atoms with Gasteiger partial charge in [0.2, 0.25) is 5.91 Å². The van der Waals surface area contributed by atoms with Crippen LogP contribution in [0, 0.1) is 16.7 Å². The molecule has 1 heterocycles. The van der Waals surface area contributed by atoms with Crippen molar-refractivity contribution in [2.24, 2.45) is 5.41 Å². The van der Waals surface area contributed by atoms with Crippen LogP contribution in [0.15, 0.2) is 0 Å². The molecule has 0 aromatic heterocycles. The number of esters is 1. The lowest BCUT2D eigenvalue weighted by atomic mass is 9.91. The summed E-state index contributed by atoms with van der Waals surface area (Å²) in [4.78, 5) is 25.3. The molecule has 1 aliphatic heterocycles. The molecule has 0 N–H and O–H groups in total. The zero-order valence-corrected chi connectivity index (χ0v) is 10.5. The molecular formula is C12H18N2O3. The SMILES string of the molecule is COC(=O)C1CCCCN1C(=O)C(C)(C)C#N. The third kappa shape index (κ3) is 2.76. The van der Waals surface area contributed by atoms with Gasteiger partial charge >= 0.3 is 5.97 Å². The van der Waals surface area contributed by atoms with Crippen LogP contribution >= 0.6 is 0 Å². The van der Waals surface area contributed by atoms with Crippen molar-refractivity contribution in [3.8, 4) is 6.07 Å². The summed E-state index contributed by atoms with van der Waals surface area (Å²) in [6, 6.07) is 1.44. The van der Waals surface area contributed by atoms with Gasteiger partial charge in [-0.15, -0.1) is 0 Å². The summed E-state index contributed by atoms with van der Waals surface area (Å²) in [5.74, 6) is -0.693. The summed E-state index contributed by atoms with van der Waals surface area (Å²) in [6.07, 6.45) is 2.37. The average Bonchev–Trinajstić information content (AvgIpc) is 2.36. The lowest BCUT2D eigenvalue weighted by molar-refractivity contribution is -0.157. The van der Waals surface area contributed by atoms with E-state index in [0.29, 0.717) is 13.0 Å². The Bertz CT molecular complexity index is 357. The van der Waals surface area contributed by atoms with E-state index in [9.17, 15) is 9.59 Å². The number of nitrogens with zero attached hydrogens (tertiary/aromatic N) is 2. The predicted molar refractivity (Wildman–Crippen MR) is 60.8 cm³/mol. The molecule has 5 heteroatoms. The number of ether oxygens (including phenoxy) is 1. The van der Waals surface area contributed by atoms with Gasteiger partial charge < -0.3 is 9.64 Å². The molecule has 1 aliphatic rings. The zero-order valence-electron chi connectivity index (χ0n) is 10.5. The second-order valence-electron chi connectivity index (χ2n) is 4.77. The van der Waals surface area contributed by atoms with E-state index in [1.807, 2.05) is 6.07 Å². The number of amides is 1. The first-order valence-electron chi connectivity index (χ1n) is 5.74. The third-order valence-electron chi connectivity index (χ3n) is 3.05. The Hall–Kier alpha value is -1.57. The number of hydrogen-bond acceptors (Lipinski definition) is 4. The molecule has 5 nitrogen and oxygen atoms in total. The van der Waals surface area contributed by atoms with Crippen LogP contribution in [-0.4, -0.2) is 36.5 Å². The molecule has 1 atom stereocenters. The molecule has 1 amide bonds. The molecule has 1 unspecified atom stereocenters. The number of methoxy groups -OCH3 is 1. The average molecular weight is 238 g/mol. The summed E-state index contributed by atoms with van der Waals surface area (Å²) >= 11 is 0. The first kappa shape index (κ1) is 13.5. The number of carbonyl (C=O) groups is 2. The Morgan fingerprint density at radius 1 is 1.41 bits per heavy atom. The normalized spacial score (nSPS) is 20.6.